The Bertz CT molecular complexity index is 418. The van der Waals surface area contributed by atoms with Gasteiger partial charge >= 0.3 is 0 Å². The number of halogens is 1. The molecule has 1 aliphatic rings. The summed E-state index contributed by atoms with van der Waals surface area (Å²) in [5, 5.41) is 6.19. The number of hydrogen-bond acceptors (Lipinski definition) is 2. The van der Waals surface area contributed by atoms with Crippen LogP contribution in [0.1, 0.15) is 31.4 Å². The van der Waals surface area contributed by atoms with Crippen LogP contribution in [-0.4, -0.2) is 19.0 Å². The van der Waals surface area contributed by atoms with Crippen LogP contribution in [-0.2, 0) is 4.79 Å². The molecule has 3 nitrogen and oxygen atoms in total. The molecule has 1 aliphatic carbocycles. The molecule has 0 aromatic heterocycles. The van der Waals surface area contributed by atoms with Gasteiger partial charge in [0.2, 0.25) is 5.91 Å². The van der Waals surface area contributed by atoms with Gasteiger partial charge in [0.25, 0.3) is 0 Å². The molecule has 1 amide bonds. The molecular weight excluding hydrogens is 292 g/mol. The molecule has 1 saturated carbocycles. The predicted molar refractivity (Wildman–Crippen MR) is 76.3 cm³/mol. The lowest BCUT2D eigenvalue weighted by Gasteiger charge is -2.15. The zero-order valence-electron chi connectivity index (χ0n) is 10.6. The molecule has 0 heterocycles. The second-order valence-electron chi connectivity index (χ2n) is 4.92. The molecule has 0 bridgehead atoms. The van der Waals surface area contributed by atoms with Crippen LogP contribution in [0.3, 0.4) is 0 Å². The summed E-state index contributed by atoms with van der Waals surface area (Å²) >= 11 is 3.44. The van der Waals surface area contributed by atoms with E-state index in [-0.39, 0.29) is 11.9 Å². The van der Waals surface area contributed by atoms with Gasteiger partial charge in [-0.3, -0.25) is 4.79 Å². The van der Waals surface area contributed by atoms with Crippen LogP contribution in [0.15, 0.2) is 28.7 Å². The standard InChI is InChI=1S/C14H19BrN2O/c1-10(12-3-2-4-13(15)7-12)17-14(18)9-16-8-11-5-6-11/h2-4,7,10-11,16H,5-6,8-9H2,1H3,(H,17,18)/t10-/m0/s1. The van der Waals surface area contributed by atoms with Crippen molar-refractivity contribution in [1.29, 1.82) is 0 Å². The van der Waals surface area contributed by atoms with E-state index in [2.05, 4.69) is 26.6 Å². The Morgan fingerprint density at radius 3 is 2.94 bits per heavy atom. The molecule has 1 fully saturated rings. The third-order valence-electron chi connectivity index (χ3n) is 3.14. The fourth-order valence-corrected chi connectivity index (χ4v) is 2.28. The maximum absolute atomic E-state index is 11.7. The number of nitrogens with one attached hydrogen (secondary N) is 2. The van der Waals surface area contributed by atoms with E-state index in [4.69, 9.17) is 0 Å². The second-order valence-corrected chi connectivity index (χ2v) is 5.83. The van der Waals surface area contributed by atoms with E-state index in [1.807, 2.05) is 31.2 Å². The van der Waals surface area contributed by atoms with Gasteiger partial charge in [-0.15, -0.1) is 0 Å². The van der Waals surface area contributed by atoms with Gasteiger partial charge in [0, 0.05) is 4.47 Å². The topological polar surface area (TPSA) is 41.1 Å². The molecule has 0 radical (unpaired) electrons. The van der Waals surface area contributed by atoms with Crippen molar-refractivity contribution >= 4 is 21.8 Å². The lowest BCUT2D eigenvalue weighted by molar-refractivity contribution is -0.120. The Labute approximate surface area is 116 Å². The quantitative estimate of drug-likeness (QED) is 0.848. The summed E-state index contributed by atoms with van der Waals surface area (Å²) < 4.78 is 1.04. The van der Waals surface area contributed by atoms with Crippen LogP contribution in [0.25, 0.3) is 0 Å². The average Bonchev–Trinajstić information content (AvgIpc) is 3.13. The number of carbonyl (C=O) groups excluding carboxylic acids is 1. The van der Waals surface area contributed by atoms with E-state index in [1.165, 1.54) is 12.8 Å². The number of hydrogen-bond donors (Lipinski definition) is 2. The first-order valence-electron chi connectivity index (χ1n) is 6.40. The summed E-state index contributed by atoms with van der Waals surface area (Å²) in [5.41, 5.74) is 1.11. The molecule has 2 N–H and O–H groups in total. The van der Waals surface area contributed by atoms with Crippen LogP contribution in [0.2, 0.25) is 0 Å². The van der Waals surface area contributed by atoms with Gasteiger partial charge in [0.15, 0.2) is 0 Å². The number of carbonyl (C=O) groups is 1. The molecule has 2 rings (SSSR count). The first-order valence-corrected chi connectivity index (χ1v) is 7.20. The molecule has 0 spiro atoms. The van der Waals surface area contributed by atoms with Crippen molar-refractivity contribution in [1.82, 2.24) is 10.6 Å². The maximum atomic E-state index is 11.7. The van der Waals surface area contributed by atoms with Crippen molar-refractivity contribution in [3.05, 3.63) is 34.3 Å². The molecule has 0 saturated heterocycles. The Balaban J connectivity index is 1.75. The maximum Gasteiger partial charge on any atom is 0.234 e. The zero-order chi connectivity index (χ0) is 13.0. The molecule has 0 aliphatic heterocycles. The van der Waals surface area contributed by atoms with Gasteiger partial charge in [-0.1, -0.05) is 28.1 Å². The van der Waals surface area contributed by atoms with Gasteiger partial charge in [0.05, 0.1) is 12.6 Å². The van der Waals surface area contributed by atoms with Gasteiger partial charge in [0.1, 0.15) is 0 Å². The van der Waals surface area contributed by atoms with Crippen LogP contribution in [0, 0.1) is 5.92 Å². The monoisotopic (exact) mass is 310 g/mol. The first kappa shape index (κ1) is 13.6. The van der Waals surface area contributed by atoms with Gasteiger partial charge < -0.3 is 10.6 Å². The highest BCUT2D eigenvalue weighted by Crippen LogP contribution is 2.27. The minimum Gasteiger partial charge on any atom is -0.348 e. The van der Waals surface area contributed by atoms with Crippen LogP contribution >= 0.6 is 15.9 Å². The summed E-state index contributed by atoms with van der Waals surface area (Å²) in [6.07, 6.45) is 2.62. The number of rotatable bonds is 6. The molecule has 4 heteroatoms. The fourth-order valence-electron chi connectivity index (χ4n) is 1.86. The van der Waals surface area contributed by atoms with E-state index in [1.54, 1.807) is 0 Å². The summed E-state index contributed by atoms with van der Waals surface area (Å²) in [7, 11) is 0. The Kier molecular flexibility index (Phi) is 4.78. The van der Waals surface area contributed by atoms with Gasteiger partial charge in [-0.05, 0) is 49.9 Å². The van der Waals surface area contributed by atoms with E-state index < -0.39 is 0 Å². The summed E-state index contributed by atoms with van der Waals surface area (Å²) in [5.74, 6) is 0.864. The smallest absolute Gasteiger partial charge is 0.234 e. The molecular formula is C14H19BrN2O. The predicted octanol–water partition coefficient (Wildman–Crippen LogP) is 2.63. The Morgan fingerprint density at radius 1 is 1.50 bits per heavy atom. The largest absolute Gasteiger partial charge is 0.348 e. The first-order chi connectivity index (χ1) is 8.65. The molecule has 1 aromatic rings. The highest BCUT2D eigenvalue weighted by molar-refractivity contribution is 9.10. The third kappa shape index (κ3) is 4.42. The summed E-state index contributed by atoms with van der Waals surface area (Å²) in [4.78, 5) is 11.7. The summed E-state index contributed by atoms with van der Waals surface area (Å²) in [6.45, 7) is 3.38. The van der Waals surface area contributed by atoms with E-state index in [9.17, 15) is 4.79 Å². The van der Waals surface area contributed by atoms with Crippen molar-refractivity contribution in [2.45, 2.75) is 25.8 Å². The van der Waals surface area contributed by atoms with Crippen molar-refractivity contribution in [3.8, 4) is 0 Å². The normalized spacial score (nSPS) is 16.3. The van der Waals surface area contributed by atoms with Crippen LogP contribution in [0.4, 0.5) is 0 Å². The van der Waals surface area contributed by atoms with Gasteiger partial charge in [-0.25, -0.2) is 0 Å². The fraction of sp³-hybridized carbons (Fsp3) is 0.500. The summed E-state index contributed by atoms with van der Waals surface area (Å²) in [6, 6.07) is 8.05. The SMILES string of the molecule is C[C@H](NC(=O)CNCC1CC1)c1cccc(Br)c1. The lowest BCUT2D eigenvalue weighted by atomic mass is 10.1. The van der Waals surface area contributed by atoms with Crippen LogP contribution in [0.5, 0.6) is 0 Å². The van der Waals surface area contributed by atoms with Crippen molar-refractivity contribution < 1.29 is 4.79 Å². The van der Waals surface area contributed by atoms with Crippen molar-refractivity contribution in [2.24, 2.45) is 5.92 Å². The second kappa shape index (κ2) is 6.34. The van der Waals surface area contributed by atoms with E-state index in [0.29, 0.717) is 6.54 Å². The molecule has 0 unspecified atom stereocenters. The Morgan fingerprint density at radius 2 is 2.28 bits per heavy atom. The number of benzene rings is 1. The number of amides is 1. The van der Waals surface area contributed by atoms with Crippen LogP contribution < -0.4 is 10.6 Å². The lowest BCUT2D eigenvalue weighted by Crippen LogP contribution is -2.36. The van der Waals surface area contributed by atoms with Crippen molar-refractivity contribution in [2.75, 3.05) is 13.1 Å². The van der Waals surface area contributed by atoms with E-state index in [0.717, 1.165) is 22.5 Å². The minimum absolute atomic E-state index is 0.0396. The van der Waals surface area contributed by atoms with Crippen molar-refractivity contribution in [3.63, 3.8) is 0 Å². The highest BCUT2D eigenvalue weighted by Gasteiger charge is 2.20. The van der Waals surface area contributed by atoms with E-state index >= 15 is 0 Å². The molecule has 1 aromatic carbocycles. The molecule has 18 heavy (non-hydrogen) atoms. The third-order valence-corrected chi connectivity index (χ3v) is 3.63. The Hall–Kier alpha value is -0.870. The highest BCUT2D eigenvalue weighted by atomic mass is 79.9. The minimum atomic E-state index is 0.0396. The zero-order valence-corrected chi connectivity index (χ0v) is 12.2. The average molecular weight is 311 g/mol. The molecule has 98 valence electrons. The molecule has 1 atom stereocenters. The van der Waals surface area contributed by atoms with Gasteiger partial charge in [-0.2, -0.15) is 0 Å².